The number of anilines is 2. The molecule has 4 nitrogen and oxygen atoms in total. The molecule has 0 spiro atoms. The Morgan fingerprint density at radius 1 is 1.22 bits per heavy atom. The predicted octanol–water partition coefficient (Wildman–Crippen LogP) is 2.50. The maximum atomic E-state index is 12.0. The minimum Gasteiger partial charge on any atom is -0.459 e. The largest absolute Gasteiger partial charge is 0.459 e. The van der Waals surface area contributed by atoms with Crippen molar-refractivity contribution in [3.63, 3.8) is 0 Å². The molecule has 0 aromatic heterocycles. The molecule has 2 heterocycles. The standard InChI is InChI=1S/C14H16N2O2/c1-8-7-12-13(14(17)18-8)9(2)15-10-5-3-4-6-11(10)16-12/h3-6,8-9,15-16H,7H2,1-2H3/t8-,9-/m0/s1. The van der Waals surface area contributed by atoms with Gasteiger partial charge in [0.2, 0.25) is 0 Å². The molecule has 2 aliphatic rings. The number of ether oxygens (including phenoxy) is 1. The van der Waals surface area contributed by atoms with Crippen LogP contribution in [0.1, 0.15) is 20.3 Å². The highest BCUT2D eigenvalue weighted by Crippen LogP contribution is 2.33. The van der Waals surface area contributed by atoms with E-state index in [-0.39, 0.29) is 18.1 Å². The molecular weight excluding hydrogens is 228 g/mol. The highest BCUT2D eigenvalue weighted by molar-refractivity contribution is 5.94. The van der Waals surface area contributed by atoms with Crippen molar-refractivity contribution in [2.45, 2.75) is 32.4 Å². The van der Waals surface area contributed by atoms with Crippen molar-refractivity contribution in [3.8, 4) is 0 Å². The third kappa shape index (κ3) is 1.74. The molecule has 2 aliphatic heterocycles. The minimum atomic E-state index is -0.218. The number of rotatable bonds is 0. The molecule has 0 fully saturated rings. The average molecular weight is 244 g/mol. The lowest BCUT2D eigenvalue weighted by Gasteiger charge is -2.26. The molecule has 0 aliphatic carbocycles. The van der Waals surface area contributed by atoms with Crippen molar-refractivity contribution in [2.24, 2.45) is 0 Å². The number of esters is 1. The second kappa shape index (κ2) is 4.05. The Labute approximate surface area is 106 Å². The zero-order chi connectivity index (χ0) is 12.7. The van der Waals surface area contributed by atoms with Crippen LogP contribution in [0.15, 0.2) is 35.5 Å². The third-order valence-corrected chi connectivity index (χ3v) is 3.36. The van der Waals surface area contributed by atoms with Gasteiger partial charge in [-0.1, -0.05) is 12.1 Å². The monoisotopic (exact) mass is 244 g/mol. The van der Waals surface area contributed by atoms with Gasteiger partial charge < -0.3 is 15.4 Å². The highest BCUT2D eigenvalue weighted by Gasteiger charge is 2.32. The van der Waals surface area contributed by atoms with E-state index in [4.69, 9.17) is 4.74 Å². The predicted molar refractivity (Wildman–Crippen MR) is 70.3 cm³/mol. The van der Waals surface area contributed by atoms with Crippen LogP contribution in [0, 0.1) is 0 Å². The average Bonchev–Trinajstić information content (AvgIpc) is 2.43. The molecule has 2 atom stereocenters. The number of cyclic esters (lactones) is 1. The Bertz CT molecular complexity index is 536. The number of fused-ring (bicyclic) bond motifs is 1. The minimum absolute atomic E-state index is 0.0452. The van der Waals surface area contributed by atoms with Gasteiger partial charge in [-0.3, -0.25) is 0 Å². The fourth-order valence-electron chi connectivity index (χ4n) is 2.55. The Morgan fingerprint density at radius 3 is 2.72 bits per heavy atom. The molecule has 0 saturated heterocycles. The SMILES string of the molecule is C[C@@H]1Nc2ccccc2NC2=C1C(=O)O[C@@H](C)C2. The lowest BCUT2D eigenvalue weighted by atomic mass is 10.0. The number of hydrogen-bond acceptors (Lipinski definition) is 4. The summed E-state index contributed by atoms with van der Waals surface area (Å²) in [6.07, 6.45) is 0.669. The van der Waals surface area contributed by atoms with Crippen molar-refractivity contribution in [1.82, 2.24) is 0 Å². The van der Waals surface area contributed by atoms with E-state index in [9.17, 15) is 4.79 Å². The fraction of sp³-hybridized carbons (Fsp3) is 0.357. The van der Waals surface area contributed by atoms with Crippen LogP contribution in [0.25, 0.3) is 0 Å². The van der Waals surface area contributed by atoms with Gasteiger partial charge in [0.05, 0.1) is 23.0 Å². The first-order chi connectivity index (χ1) is 8.65. The van der Waals surface area contributed by atoms with Gasteiger partial charge in [-0.2, -0.15) is 0 Å². The molecule has 2 N–H and O–H groups in total. The number of para-hydroxylation sites is 2. The lowest BCUT2D eigenvalue weighted by Crippen LogP contribution is -2.33. The summed E-state index contributed by atoms with van der Waals surface area (Å²) >= 11 is 0. The number of carbonyl (C=O) groups is 1. The Balaban J connectivity index is 2.06. The molecule has 1 aromatic rings. The molecule has 0 unspecified atom stereocenters. The van der Waals surface area contributed by atoms with Crippen LogP contribution < -0.4 is 10.6 Å². The Morgan fingerprint density at radius 2 is 1.94 bits per heavy atom. The van der Waals surface area contributed by atoms with E-state index in [0.29, 0.717) is 5.57 Å². The summed E-state index contributed by atoms with van der Waals surface area (Å²) in [5.74, 6) is -0.218. The van der Waals surface area contributed by atoms with Crippen molar-refractivity contribution < 1.29 is 9.53 Å². The van der Waals surface area contributed by atoms with E-state index in [1.165, 1.54) is 0 Å². The second-order valence-electron chi connectivity index (χ2n) is 4.85. The van der Waals surface area contributed by atoms with Crippen LogP contribution in [0.5, 0.6) is 0 Å². The van der Waals surface area contributed by atoms with Gasteiger partial charge in [0.25, 0.3) is 0 Å². The van der Waals surface area contributed by atoms with Crippen molar-refractivity contribution in [3.05, 3.63) is 35.5 Å². The van der Waals surface area contributed by atoms with E-state index in [1.54, 1.807) is 0 Å². The molecule has 0 saturated carbocycles. The van der Waals surface area contributed by atoms with Crippen LogP contribution in [-0.4, -0.2) is 18.1 Å². The van der Waals surface area contributed by atoms with Gasteiger partial charge in [0.15, 0.2) is 0 Å². The molecule has 0 bridgehead atoms. The van der Waals surface area contributed by atoms with E-state index >= 15 is 0 Å². The normalized spacial score (nSPS) is 26.2. The first kappa shape index (κ1) is 11.1. The van der Waals surface area contributed by atoms with Crippen molar-refractivity contribution in [2.75, 3.05) is 10.6 Å². The Kier molecular flexibility index (Phi) is 2.51. The Hall–Kier alpha value is -1.97. The fourth-order valence-corrected chi connectivity index (χ4v) is 2.55. The molecule has 0 amide bonds. The summed E-state index contributed by atoms with van der Waals surface area (Å²) in [4.78, 5) is 12.0. The van der Waals surface area contributed by atoms with Crippen LogP contribution in [0.4, 0.5) is 11.4 Å². The number of carbonyl (C=O) groups excluding carboxylic acids is 1. The van der Waals surface area contributed by atoms with Crippen LogP contribution >= 0.6 is 0 Å². The van der Waals surface area contributed by atoms with Crippen molar-refractivity contribution in [1.29, 1.82) is 0 Å². The van der Waals surface area contributed by atoms with E-state index in [1.807, 2.05) is 38.1 Å². The zero-order valence-corrected chi connectivity index (χ0v) is 10.5. The number of hydrogen-bond donors (Lipinski definition) is 2. The van der Waals surface area contributed by atoms with Gasteiger partial charge in [0, 0.05) is 12.1 Å². The second-order valence-corrected chi connectivity index (χ2v) is 4.85. The number of benzene rings is 1. The first-order valence-electron chi connectivity index (χ1n) is 6.22. The molecular formula is C14H16N2O2. The molecule has 4 heteroatoms. The van der Waals surface area contributed by atoms with Gasteiger partial charge in [0.1, 0.15) is 6.10 Å². The van der Waals surface area contributed by atoms with Crippen molar-refractivity contribution >= 4 is 17.3 Å². The smallest absolute Gasteiger partial charge is 0.338 e. The summed E-state index contributed by atoms with van der Waals surface area (Å²) in [5.41, 5.74) is 3.71. The molecule has 94 valence electrons. The first-order valence-corrected chi connectivity index (χ1v) is 6.22. The zero-order valence-electron chi connectivity index (χ0n) is 10.5. The van der Waals surface area contributed by atoms with Gasteiger partial charge >= 0.3 is 5.97 Å². The topological polar surface area (TPSA) is 50.4 Å². The lowest BCUT2D eigenvalue weighted by molar-refractivity contribution is -0.145. The van der Waals surface area contributed by atoms with Crippen LogP contribution in [0.2, 0.25) is 0 Å². The quantitative estimate of drug-likeness (QED) is 0.688. The molecule has 3 rings (SSSR count). The third-order valence-electron chi connectivity index (χ3n) is 3.36. The summed E-state index contributed by atoms with van der Waals surface area (Å²) in [5, 5.41) is 6.71. The molecule has 18 heavy (non-hydrogen) atoms. The van der Waals surface area contributed by atoms with Gasteiger partial charge in [-0.15, -0.1) is 0 Å². The van der Waals surface area contributed by atoms with E-state index in [0.717, 1.165) is 23.5 Å². The maximum Gasteiger partial charge on any atom is 0.338 e. The molecule has 0 radical (unpaired) electrons. The highest BCUT2D eigenvalue weighted by atomic mass is 16.5. The summed E-state index contributed by atoms with van der Waals surface area (Å²) in [6, 6.07) is 7.93. The summed E-state index contributed by atoms with van der Waals surface area (Å²) in [6.45, 7) is 3.90. The van der Waals surface area contributed by atoms with E-state index < -0.39 is 0 Å². The summed E-state index contributed by atoms with van der Waals surface area (Å²) in [7, 11) is 0. The molecule has 1 aromatic carbocycles. The van der Waals surface area contributed by atoms with E-state index in [2.05, 4.69) is 10.6 Å². The number of nitrogens with one attached hydrogen (secondary N) is 2. The van der Waals surface area contributed by atoms with Gasteiger partial charge in [-0.05, 0) is 26.0 Å². The van der Waals surface area contributed by atoms with Crippen LogP contribution in [-0.2, 0) is 9.53 Å². The van der Waals surface area contributed by atoms with Crippen LogP contribution in [0.3, 0.4) is 0 Å². The van der Waals surface area contributed by atoms with Gasteiger partial charge in [-0.25, -0.2) is 4.79 Å². The maximum absolute atomic E-state index is 12.0. The summed E-state index contributed by atoms with van der Waals surface area (Å²) < 4.78 is 5.30.